The van der Waals surface area contributed by atoms with E-state index >= 15 is 0 Å². The number of hydrogen-bond acceptors (Lipinski definition) is 3. The fourth-order valence-corrected chi connectivity index (χ4v) is 2.42. The van der Waals surface area contributed by atoms with E-state index in [1.165, 1.54) is 0 Å². The molecule has 116 valence electrons. The van der Waals surface area contributed by atoms with Gasteiger partial charge in [-0.2, -0.15) is 0 Å². The van der Waals surface area contributed by atoms with Crippen LogP contribution in [0, 0.1) is 5.41 Å². The summed E-state index contributed by atoms with van der Waals surface area (Å²) in [6.45, 7) is 7.35. The van der Waals surface area contributed by atoms with Gasteiger partial charge in [0.05, 0.1) is 0 Å². The maximum atomic E-state index is 12.2. The van der Waals surface area contributed by atoms with Crippen LogP contribution >= 0.6 is 0 Å². The minimum Gasteiger partial charge on any atom is -0.480 e. The highest BCUT2D eigenvalue weighted by atomic mass is 16.4. The lowest BCUT2D eigenvalue weighted by atomic mass is 9.87. The van der Waals surface area contributed by atoms with Gasteiger partial charge in [0, 0.05) is 13.1 Å². The molecule has 1 saturated heterocycles. The number of aliphatic carboxylic acids is 1. The lowest BCUT2D eigenvalue weighted by molar-refractivity contribution is -0.142. The molecule has 6 heteroatoms. The molecule has 0 spiro atoms. The molecule has 1 rings (SSSR count). The lowest BCUT2D eigenvalue weighted by Gasteiger charge is -2.36. The maximum absolute atomic E-state index is 12.2. The Bertz CT molecular complexity index is 357. The topological polar surface area (TPSA) is 72.9 Å². The van der Waals surface area contributed by atoms with Crippen molar-refractivity contribution in [3.05, 3.63) is 0 Å². The van der Waals surface area contributed by atoms with Crippen LogP contribution in [0.4, 0.5) is 4.79 Å². The van der Waals surface area contributed by atoms with Crippen LogP contribution in [0.1, 0.15) is 33.6 Å². The van der Waals surface area contributed by atoms with Gasteiger partial charge in [-0.05, 0) is 38.4 Å². The Balaban J connectivity index is 2.62. The van der Waals surface area contributed by atoms with Crippen molar-refractivity contribution >= 4 is 12.0 Å². The third kappa shape index (κ3) is 4.37. The van der Waals surface area contributed by atoms with Crippen molar-refractivity contribution in [1.82, 2.24) is 15.1 Å². The van der Waals surface area contributed by atoms with Crippen LogP contribution in [-0.2, 0) is 4.79 Å². The summed E-state index contributed by atoms with van der Waals surface area (Å²) in [5.74, 6) is -0.998. The molecular weight excluding hydrogens is 258 g/mol. The van der Waals surface area contributed by atoms with Gasteiger partial charge in [-0.25, -0.2) is 9.59 Å². The molecule has 0 radical (unpaired) electrons. The first-order valence-electron chi connectivity index (χ1n) is 7.07. The summed E-state index contributed by atoms with van der Waals surface area (Å²) in [5.41, 5.74) is -0.519. The SMILES string of the molecule is CN1CCC(N(C)C(=O)N[C@@H](C(=O)O)C(C)(C)C)CC1. The summed E-state index contributed by atoms with van der Waals surface area (Å²) >= 11 is 0. The Morgan fingerprint density at radius 2 is 1.80 bits per heavy atom. The zero-order valence-corrected chi connectivity index (χ0v) is 13.1. The molecule has 2 N–H and O–H groups in total. The van der Waals surface area contributed by atoms with Gasteiger partial charge in [-0.3, -0.25) is 0 Å². The zero-order valence-electron chi connectivity index (χ0n) is 13.1. The van der Waals surface area contributed by atoms with E-state index in [2.05, 4.69) is 17.3 Å². The molecule has 1 heterocycles. The predicted octanol–water partition coefficient (Wildman–Crippen LogP) is 1.22. The van der Waals surface area contributed by atoms with Crippen LogP contribution in [0.15, 0.2) is 0 Å². The summed E-state index contributed by atoms with van der Waals surface area (Å²) in [5, 5.41) is 11.9. The molecule has 0 unspecified atom stereocenters. The van der Waals surface area contributed by atoms with Crippen LogP contribution in [-0.4, -0.2) is 66.2 Å². The highest BCUT2D eigenvalue weighted by molar-refractivity contribution is 5.83. The van der Waals surface area contributed by atoms with Gasteiger partial charge in [-0.15, -0.1) is 0 Å². The van der Waals surface area contributed by atoms with E-state index in [4.69, 9.17) is 0 Å². The maximum Gasteiger partial charge on any atom is 0.326 e. The minimum atomic E-state index is -0.998. The van der Waals surface area contributed by atoms with Crippen molar-refractivity contribution in [1.29, 1.82) is 0 Å². The summed E-state index contributed by atoms with van der Waals surface area (Å²) in [6, 6.07) is -1.01. The largest absolute Gasteiger partial charge is 0.480 e. The number of urea groups is 1. The molecule has 0 aliphatic carbocycles. The van der Waals surface area contributed by atoms with Crippen LogP contribution in [0.5, 0.6) is 0 Å². The van der Waals surface area contributed by atoms with Crippen molar-refractivity contribution in [2.75, 3.05) is 27.2 Å². The molecular formula is C14H27N3O3. The molecule has 2 amide bonds. The van der Waals surface area contributed by atoms with E-state index in [0.717, 1.165) is 25.9 Å². The predicted molar refractivity (Wildman–Crippen MR) is 77.7 cm³/mol. The number of piperidine rings is 1. The van der Waals surface area contributed by atoms with Gasteiger partial charge < -0.3 is 20.2 Å². The normalized spacial score (nSPS) is 19.4. The number of carbonyl (C=O) groups is 2. The van der Waals surface area contributed by atoms with Crippen molar-refractivity contribution in [2.24, 2.45) is 5.41 Å². The van der Waals surface area contributed by atoms with Crippen LogP contribution < -0.4 is 5.32 Å². The number of nitrogens with one attached hydrogen (secondary N) is 1. The second-order valence-corrected chi connectivity index (χ2v) is 6.73. The molecule has 0 saturated carbocycles. The quantitative estimate of drug-likeness (QED) is 0.818. The van der Waals surface area contributed by atoms with E-state index in [0.29, 0.717) is 0 Å². The molecule has 0 aromatic heterocycles. The Kier molecular flexibility index (Phi) is 5.39. The van der Waals surface area contributed by atoms with Crippen molar-refractivity contribution < 1.29 is 14.7 Å². The van der Waals surface area contributed by atoms with Crippen LogP contribution in [0.25, 0.3) is 0 Å². The molecule has 1 atom stereocenters. The number of nitrogens with zero attached hydrogens (tertiary/aromatic N) is 2. The number of carboxylic acid groups (broad SMARTS) is 1. The highest BCUT2D eigenvalue weighted by Crippen LogP contribution is 2.20. The number of carbonyl (C=O) groups excluding carboxylic acids is 1. The number of rotatable bonds is 3. The van der Waals surface area contributed by atoms with Gasteiger partial charge in [0.15, 0.2) is 0 Å². The Morgan fingerprint density at radius 3 is 2.20 bits per heavy atom. The summed E-state index contributed by atoms with van der Waals surface area (Å²) < 4.78 is 0. The summed E-state index contributed by atoms with van der Waals surface area (Å²) in [6.07, 6.45) is 1.85. The van der Waals surface area contributed by atoms with Gasteiger partial charge in [0.1, 0.15) is 6.04 Å². The monoisotopic (exact) mass is 285 g/mol. The number of amides is 2. The first kappa shape index (κ1) is 16.8. The van der Waals surface area contributed by atoms with Crippen molar-refractivity contribution in [3.63, 3.8) is 0 Å². The van der Waals surface area contributed by atoms with Gasteiger partial charge in [-0.1, -0.05) is 20.8 Å². The molecule has 0 bridgehead atoms. The van der Waals surface area contributed by atoms with Crippen molar-refractivity contribution in [3.8, 4) is 0 Å². The third-order valence-corrected chi connectivity index (χ3v) is 3.94. The molecule has 1 aliphatic rings. The smallest absolute Gasteiger partial charge is 0.326 e. The average molecular weight is 285 g/mol. The fourth-order valence-electron chi connectivity index (χ4n) is 2.42. The number of likely N-dealkylation sites (tertiary alicyclic amines) is 1. The van der Waals surface area contributed by atoms with E-state index in [1.807, 2.05) is 20.8 Å². The molecule has 0 aromatic carbocycles. The third-order valence-electron chi connectivity index (χ3n) is 3.94. The first-order chi connectivity index (χ1) is 9.12. The Morgan fingerprint density at radius 1 is 1.30 bits per heavy atom. The number of hydrogen-bond donors (Lipinski definition) is 2. The fraction of sp³-hybridized carbons (Fsp3) is 0.857. The van der Waals surface area contributed by atoms with E-state index in [1.54, 1.807) is 11.9 Å². The second kappa shape index (κ2) is 6.43. The van der Waals surface area contributed by atoms with Gasteiger partial charge >= 0.3 is 12.0 Å². The van der Waals surface area contributed by atoms with Crippen molar-refractivity contribution in [2.45, 2.75) is 45.7 Å². The minimum absolute atomic E-state index is 0.181. The average Bonchev–Trinajstić information content (AvgIpc) is 2.33. The second-order valence-electron chi connectivity index (χ2n) is 6.73. The molecule has 0 aromatic rings. The standard InChI is InChI=1S/C14H27N3O3/c1-14(2,3)11(12(18)19)15-13(20)17(5)10-6-8-16(4)9-7-10/h10-11H,6-9H2,1-5H3,(H,15,20)(H,18,19)/t11-/m0/s1. The van der Waals surface area contributed by atoms with Crippen LogP contribution in [0.2, 0.25) is 0 Å². The van der Waals surface area contributed by atoms with E-state index < -0.39 is 17.4 Å². The van der Waals surface area contributed by atoms with Crippen LogP contribution in [0.3, 0.4) is 0 Å². The highest BCUT2D eigenvalue weighted by Gasteiger charge is 2.34. The molecule has 6 nitrogen and oxygen atoms in total. The van der Waals surface area contributed by atoms with Gasteiger partial charge in [0.25, 0.3) is 0 Å². The number of carboxylic acids is 1. The van der Waals surface area contributed by atoms with E-state index in [-0.39, 0.29) is 12.1 Å². The summed E-state index contributed by atoms with van der Waals surface area (Å²) in [4.78, 5) is 27.4. The lowest BCUT2D eigenvalue weighted by Crippen LogP contribution is -2.55. The zero-order chi connectivity index (χ0) is 15.5. The Labute approximate surface area is 121 Å². The molecule has 20 heavy (non-hydrogen) atoms. The Hall–Kier alpha value is -1.30. The van der Waals surface area contributed by atoms with E-state index in [9.17, 15) is 14.7 Å². The summed E-state index contributed by atoms with van der Waals surface area (Å²) in [7, 11) is 3.81. The first-order valence-corrected chi connectivity index (χ1v) is 7.07. The van der Waals surface area contributed by atoms with Gasteiger partial charge in [0.2, 0.25) is 0 Å². The molecule has 1 aliphatic heterocycles. The molecule has 1 fully saturated rings.